The number of amides is 1. The van der Waals surface area contributed by atoms with E-state index in [1.807, 2.05) is 30.3 Å². The first-order valence-electron chi connectivity index (χ1n) is 12.3. The standard InChI is InChI=1S/C25H27ClF3N7O3S/c1-16(37)31-23(30)32-24(34-40(38,39)35-13-11-19(12-14-35)25(27,28)29)36-15-21(17-5-3-2-4-6-17)22(33-36)18-7-9-20(26)10-8-18/h2-10,19,21H,11-15H2,1H3,(H3,30,31,32,34,37). The third kappa shape index (κ3) is 7.17. The Bertz CT molecular complexity index is 1420. The molecule has 1 fully saturated rings. The Labute approximate surface area is 234 Å². The third-order valence-corrected chi connectivity index (χ3v) is 8.12. The molecule has 3 N–H and O–H groups in total. The molecule has 0 radical (unpaired) electrons. The van der Waals surface area contributed by atoms with Crippen molar-refractivity contribution < 1.29 is 26.4 Å². The van der Waals surface area contributed by atoms with Crippen molar-refractivity contribution in [1.29, 1.82) is 0 Å². The number of aliphatic imine (C=N–C) groups is 1. The van der Waals surface area contributed by atoms with Gasteiger partial charge < -0.3 is 5.73 Å². The van der Waals surface area contributed by atoms with Crippen molar-refractivity contribution in [2.45, 2.75) is 31.9 Å². The van der Waals surface area contributed by atoms with Crippen LogP contribution in [-0.4, -0.2) is 67.1 Å². The minimum absolute atomic E-state index is 0.114. The second kappa shape index (κ2) is 11.9. The van der Waals surface area contributed by atoms with Crippen LogP contribution in [0.1, 0.15) is 36.8 Å². The molecule has 214 valence electrons. The van der Waals surface area contributed by atoms with Gasteiger partial charge >= 0.3 is 16.4 Å². The van der Waals surface area contributed by atoms with E-state index in [2.05, 4.69) is 19.8 Å². The molecule has 0 saturated carbocycles. The number of nitrogens with zero attached hydrogens (tertiary/aromatic N) is 5. The molecule has 0 aromatic heterocycles. The van der Waals surface area contributed by atoms with Crippen molar-refractivity contribution in [3.63, 3.8) is 0 Å². The van der Waals surface area contributed by atoms with Gasteiger partial charge in [-0.1, -0.05) is 54.1 Å². The van der Waals surface area contributed by atoms with E-state index in [9.17, 15) is 26.4 Å². The van der Waals surface area contributed by atoms with Crippen LogP contribution in [0.2, 0.25) is 5.02 Å². The summed E-state index contributed by atoms with van der Waals surface area (Å²) in [5, 5.41) is 8.65. The van der Waals surface area contributed by atoms with Gasteiger partial charge in [0.15, 0.2) is 0 Å². The van der Waals surface area contributed by atoms with Gasteiger partial charge in [0.1, 0.15) is 0 Å². The minimum atomic E-state index is -4.48. The Morgan fingerprint density at radius 1 is 1.10 bits per heavy atom. The van der Waals surface area contributed by atoms with E-state index in [1.54, 1.807) is 24.3 Å². The zero-order valence-electron chi connectivity index (χ0n) is 21.3. The lowest BCUT2D eigenvalue weighted by atomic mass is 9.91. The number of rotatable bonds is 4. The van der Waals surface area contributed by atoms with Crippen LogP contribution in [0, 0.1) is 5.92 Å². The van der Waals surface area contributed by atoms with Crippen LogP contribution in [0.15, 0.2) is 69.1 Å². The molecule has 10 nitrogen and oxygen atoms in total. The van der Waals surface area contributed by atoms with E-state index in [1.165, 1.54) is 11.9 Å². The fourth-order valence-corrected chi connectivity index (χ4v) is 5.73. The van der Waals surface area contributed by atoms with Crippen LogP contribution in [0.5, 0.6) is 0 Å². The quantitative estimate of drug-likeness (QED) is 0.411. The number of hydrogen-bond donors (Lipinski definition) is 2. The van der Waals surface area contributed by atoms with Crippen LogP contribution in [-0.2, 0) is 15.0 Å². The number of carbonyl (C=O) groups excluding carboxylic acids is 1. The molecule has 1 atom stereocenters. The summed E-state index contributed by atoms with van der Waals surface area (Å²) < 4.78 is 70.5. The highest BCUT2D eigenvalue weighted by Gasteiger charge is 2.43. The SMILES string of the molecule is CC(=O)N/C(N)=N/C(=N/S(=O)(=O)N1CCC(C(F)(F)F)CC1)N1CC(c2ccccc2)C(c2ccc(Cl)cc2)=N1. The average molecular weight is 598 g/mol. The van der Waals surface area contributed by atoms with E-state index < -0.39 is 40.1 Å². The molecule has 1 saturated heterocycles. The van der Waals surface area contributed by atoms with Gasteiger partial charge in [-0.05, 0) is 36.1 Å². The number of carbonyl (C=O) groups is 1. The molecule has 4 rings (SSSR count). The molecule has 2 aliphatic rings. The van der Waals surface area contributed by atoms with Gasteiger partial charge in [-0.2, -0.15) is 36.0 Å². The van der Waals surface area contributed by atoms with E-state index in [4.69, 9.17) is 17.3 Å². The maximum atomic E-state index is 13.2. The second-order valence-electron chi connectivity index (χ2n) is 9.30. The monoisotopic (exact) mass is 597 g/mol. The van der Waals surface area contributed by atoms with Crippen molar-refractivity contribution in [3.8, 4) is 0 Å². The van der Waals surface area contributed by atoms with Crippen LogP contribution in [0.3, 0.4) is 0 Å². The van der Waals surface area contributed by atoms with E-state index >= 15 is 0 Å². The molecule has 2 aromatic rings. The van der Waals surface area contributed by atoms with E-state index in [-0.39, 0.29) is 38.4 Å². The Morgan fingerprint density at radius 3 is 2.30 bits per heavy atom. The third-order valence-electron chi connectivity index (χ3n) is 6.45. The van der Waals surface area contributed by atoms with Crippen molar-refractivity contribution in [3.05, 3.63) is 70.7 Å². The topological polar surface area (TPSA) is 133 Å². The van der Waals surface area contributed by atoms with Crippen LogP contribution >= 0.6 is 11.6 Å². The van der Waals surface area contributed by atoms with E-state index in [0.29, 0.717) is 10.7 Å². The first kappa shape index (κ1) is 29.5. The fraction of sp³-hybridized carbons (Fsp3) is 0.360. The van der Waals surface area contributed by atoms with Crippen molar-refractivity contribution in [2.24, 2.45) is 26.1 Å². The molecular formula is C25H27ClF3N7O3S. The van der Waals surface area contributed by atoms with Gasteiger partial charge in [-0.3, -0.25) is 10.1 Å². The summed E-state index contributed by atoms with van der Waals surface area (Å²) in [5.74, 6) is -3.35. The van der Waals surface area contributed by atoms with Gasteiger partial charge in [-0.25, -0.2) is 5.01 Å². The normalized spacial score (nSPS) is 20.0. The lowest BCUT2D eigenvalue weighted by Gasteiger charge is -2.30. The molecule has 0 aliphatic carbocycles. The molecule has 15 heteroatoms. The van der Waals surface area contributed by atoms with Gasteiger partial charge in [0.25, 0.3) is 5.96 Å². The lowest BCUT2D eigenvalue weighted by Crippen LogP contribution is -2.42. The second-order valence-corrected chi connectivity index (χ2v) is 11.3. The van der Waals surface area contributed by atoms with Crippen LogP contribution in [0.4, 0.5) is 13.2 Å². The first-order valence-corrected chi connectivity index (χ1v) is 14.1. The minimum Gasteiger partial charge on any atom is -0.369 e. The van der Waals surface area contributed by atoms with Gasteiger partial charge in [0, 0.05) is 31.0 Å². The predicted octanol–water partition coefficient (Wildman–Crippen LogP) is 3.47. The largest absolute Gasteiger partial charge is 0.391 e. The number of hydrogen-bond acceptors (Lipinski definition) is 4. The molecule has 2 heterocycles. The summed E-state index contributed by atoms with van der Waals surface area (Å²) in [7, 11) is -4.48. The van der Waals surface area contributed by atoms with Crippen molar-refractivity contribution in [2.75, 3.05) is 19.6 Å². The number of guanidine groups is 2. The smallest absolute Gasteiger partial charge is 0.369 e. The molecule has 0 spiro atoms. The molecule has 1 amide bonds. The van der Waals surface area contributed by atoms with Gasteiger partial charge in [0.05, 0.1) is 18.2 Å². The maximum Gasteiger partial charge on any atom is 0.391 e. The molecule has 2 aliphatic heterocycles. The number of nitrogens with two attached hydrogens (primary N) is 1. The number of halogens is 4. The summed E-state index contributed by atoms with van der Waals surface area (Å²) in [6, 6.07) is 16.3. The number of hydrazone groups is 1. The Hall–Kier alpha value is -3.49. The number of piperidine rings is 1. The summed E-state index contributed by atoms with van der Waals surface area (Å²) in [5.41, 5.74) is 8.01. The Morgan fingerprint density at radius 2 is 1.73 bits per heavy atom. The zero-order valence-corrected chi connectivity index (χ0v) is 22.9. The van der Waals surface area contributed by atoms with Crippen molar-refractivity contribution in [1.82, 2.24) is 14.6 Å². The maximum absolute atomic E-state index is 13.2. The Balaban J connectivity index is 1.73. The van der Waals surface area contributed by atoms with Gasteiger partial charge in [-0.15, -0.1) is 4.40 Å². The molecule has 1 unspecified atom stereocenters. The lowest BCUT2D eigenvalue weighted by molar-refractivity contribution is -0.182. The summed E-state index contributed by atoms with van der Waals surface area (Å²) in [6.45, 7) is 0.586. The molecule has 40 heavy (non-hydrogen) atoms. The summed E-state index contributed by atoms with van der Waals surface area (Å²) in [4.78, 5) is 15.5. The molecule has 2 aromatic carbocycles. The first-order chi connectivity index (χ1) is 18.8. The predicted molar refractivity (Wildman–Crippen MR) is 146 cm³/mol. The van der Waals surface area contributed by atoms with Crippen LogP contribution in [0.25, 0.3) is 0 Å². The highest BCUT2D eigenvalue weighted by Crippen LogP contribution is 2.35. The highest BCUT2D eigenvalue weighted by atomic mass is 35.5. The molecule has 0 bridgehead atoms. The van der Waals surface area contributed by atoms with Crippen LogP contribution < -0.4 is 11.1 Å². The zero-order chi connectivity index (χ0) is 29.1. The Kier molecular flexibility index (Phi) is 8.80. The molecular weight excluding hydrogens is 571 g/mol. The number of alkyl halides is 3. The van der Waals surface area contributed by atoms with E-state index in [0.717, 1.165) is 15.4 Å². The fourth-order valence-electron chi connectivity index (χ4n) is 4.47. The highest BCUT2D eigenvalue weighted by molar-refractivity contribution is 7.87. The summed E-state index contributed by atoms with van der Waals surface area (Å²) >= 11 is 6.06. The average Bonchev–Trinajstić information content (AvgIpc) is 3.34. The summed E-state index contributed by atoms with van der Waals surface area (Å²) in [6.07, 6.45) is -5.18. The number of nitrogens with one attached hydrogen (secondary N) is 1. The van der Waals surface area contributed by atoms with Gasteiger partial charge in [0.2, 0.25) is 11.9 Å². The number of benzene rings is 2. The van der Waals surface area contributed by atoms with Crippen molar-refractivity contribution >= 4 is 45.3 Å².